The molecule has 0 spiro atoms. The van der Waals surface area contributed by atoms with E-state index in [9.17, 15) is 69.6 Å². The first-order valence-electron chi connectivity index (χ1n) is 19.2. The highest BCUT2D eigenvalue weighted by Gasteiger charge is 2.34. The van der Waals surface area contributed by atoms with Crippen molar-refractivity contribution >= 4 is 182 Å². The summed E-state index contributed by atoms with van der Waals surface area (Å²) in [4.78, 5) is 86.0. The van der Waals surface area contributed by atoms with Crippen LogP contribution < -0.4 is 10.6 Å². The van der Waals surface area contributed by atoms with E-state index in [0.717, 1.165) is 19.6 Å². The first-order valence-corrected chi connectivity index (χ1v) is 25.7. The standard InChI is InChI=1S/C38H50I6N6O16/c1-47(7-17(55)11-51)35(61)23-27(39)24(36(62)48(2)8-18(56)12-52)30(42)33(29(23)41)45-21(59)15-65-5-6-66-16-22(60)46-34-31(43)25(37(63)49(3)9-19(57)13-53)28(40)26(32(34)44)38(64)50(4)10-20(58)14-54/h17-20,51-58H,5-16H2,1-4H3,(H,45,59)(H,46,60). The second-order valence-electron chi connectivity index (χ2n) is 14.4. The molecular weight excluding hydrogens is 1560 g/mol. The lowest BCUT2D eigenvalue weighted by Gasteiger charge is -2.26. The topological polar surface area (TPSA) is 320 Å². The van der Waals surface area contributed by atoms with Gasteiger partial charge in [-0.2, -0.15) is 0 Å². The molecule has 2 rings (SSSR count). The zero-order chi connectivity index (χ0) is 50.3. The molecule has 0 saturated heterocycles. The van der Waals surface area contributed by atoms with Crippen molar-refractivity contribution in [2.24, 2.45) is 0 Å². The minimum atomic E-state index is -1.25. The Labute approximate surface area is 461 Å². The number of nitrogens with zero attached hydrogens (tertiary/aromatic N) is 4. The molecule has 0 aliphatic heterocycles. The number of nitrogens with one attached hydrogen (secondary N) is 2. The Kier molecular flexibility index (Phi) is 27.5. The number of carbonyl (C=O) groups excluding carboxylic acids is 6. The van der Waals surface area contributed by atoms with Gasteiger partial charge in [-0.15, -0.1) is 0 Å². The molecule has 0 aromatic heterocycles. The third kappa shape index (κ3) is 16.9. The van der Waals surface area contributed by atoms with Crippen molar-refractivity contribution in [1.29, 1.82) is 0 Å². The number of anilines is 2. The van der Waals surface area contributed by atoms with Crippen LogP contribution in [0.5, 0.6) is 0 Å². The summed E-state index contributed by atoms with van der Waals surface area (Å²) in [5.74, 6) is -3.92. The Hall–Kier alpha value is -0.760. The fraction of sp³-hybridized carbons (Fsp3) is 0.526. The molecule has 0 heterocycles. The van der Waals surface area contributed by atoms with E-state index in [2.05, 4.69) is 10.6 Å². The molecule has 0 radical (unpaired) electrons. The molecule has 4 unspecified atom stereocenters. The third-order valence-corrected chi connectivity index (χ3v) is 15.5. The van der Waals surface area contributed by atoms with Crippen LogP contribution in [0, 0.1) is 21.4 Å². The van der Waals surface area contributed by atoms with Gasteiger partial charge in [0, 0.05) is 61.5 Å². The summed E-state index contributed by atoms with van der Waals surface area (Å²) in [5, 5.41) is 82.7. The summed E-state index contributed by atoms with van der Waals surface area (Å²) in [7, 11) is 5.56. The number of ether oxygens (including phenoxy) is 2. The minimum Gasteiger partial charge on any atom is -0.394 e. The maximum Gasteiger partial charge on any atom is 0.255 e. The molecule has 6 amide bonds. The molecule has 0 bridgehead atoms. The van der Waals surface area contributed by atoms with Crippen molar-refractivity contribution in [3.8, 4) is 0 Å². The zero-order valence-corrected chi connectivity index (χ0v) is 48.6. The first kappa shape index (κ1) is 61.4. The smallest absolute Gasteiger partial charge is 0.255 e. The van der Waals surface area contributed by atoms with Gasteiger partial charge >= 0.3 is 0 Å². The molecular formula is C38H50I6N6O16. The quantitative estimate of drug-likeness (QED) is 0.0448. The zero-order valence-electron chi connectivity index (χ0n) is 35.7. The van der Waals surface area contributed by atoms with Crippen molar-refractivity contribution < 1.29 is 79.1 Å². The highest BCUT2D eigenvalue weighted by Crippen LogP contribution is 2.38. The second-order valence-corrected chi connectivity index (χ2v) is 20.9. The van der Waals surface area contributed by atoms with Crippen LogP contribution in [0.1, 0.15) is 41.4 Å². The molecule has 0 saturated carbocycles. The molecule has 2 aromatic rings. The first-order chi connectivity index (χ1) is 30.9. The third-order valence-electron chi connectivity index (χ3n) is 9.02. The summed E-state index contributed by atoms with van der Waals surface area (Å²) in [6.45, 7) is -4.88. The Morgan fingerprint density at radius 2 is 0.652 bits per heavy atom. The lowest BCUT2D eigenvalue weighted by atomic mass is 10.1. The lowest BCUT2D eigenvalue weighted by molar-refractivity contribution is -0.124. The largest absolute Gasteiger partial charge is 0.394 e. The summed E-state index contributed by atoms with van der Waals surface area (Å²) in [5.41, 5.74) is 0.250. The number of aliphatic hydroxyl groups is 8. The van der Waals surface area contributed by atoms with Gasteiger partial charge in [0.05, 0.1) is 112 Å². The van der Waals surface area contributed by atoms with E-state index in [0.29, 0.717) is 0 Å². The van der Waals surface area contributed by atoms with Gasteiger partial charge in [-0.3, -0.25) is 28.8 Å². The number of carbonyl (C=O) groups is 6. The van der Waals surface area contributed by atoms with Crippen LogP contribution in [-0.2, 0) is 19.1 Å². The predicted molar refractivity (Wildman–Crippen MR) is 288 cm³/mol. The summed E-state index contributed by atoms with van der Waals surface area (Å²) in [6.07, 6.45) is -5.01. The van der Waals surface area contributed by atoms with Crippen LogP contribution in [0.3, 0.4) is 0 Å². The molecule has 0 fully saturated rings. The van der Waals surface area contributed by atoms with E-state index in [4.69, 9.17) is 9.47 Å². The van der Waals surface area contributed by atoms with E-state index >= 15 is 0 Å². The van der Waals surface area contributed by atoms with Crippen molar-refractivity contribution in [3.05, 3.63) is 43.7 Å². The van der Waals surface area contributed by atoms with Crippen molar-refractivity contribution in [2.75, 3.05) is 118 Å². The lowest BCUT2D eigenvalue weighted by Crippen LogP contribution is -2.39. The summed E-state index contributed by atoms with van der Waals surface area (Å²) >= 11 is 11.0. The van der Waals surface area contributed by atoms with E-state index in [-0.39, 0.29) is 94.4 Å². The van der Waals surface area contributed by atoms with Gasteiger partial charge in [-0.05, 0) is 136 Å². The second kappa shape index (κ2) is 29.6. The minimum absolute atomic E-state index is 0.0160. The average Bonchev–Trinajstić information content (AvgIpc) is 3.26. The molecule has 28 heteroatoms. The number of likely N-dealkylation sites (N-methyl/N-ethyl adjacent to an activating group) is 4. The van der Waals surface area contributed by atoms with Gasteiger partial charge < -0.3 is 80.6 Å². The van der Waals surface area contributed by atoms with Gasteiger partial charge in [-0.1, -0.05) is 0 Å². The number of rotatable bonds is 25. The van der Waals surface area contributed by atoms with Crippen LogP contribution in [-0.4, -0.2) is 228 Å². The van der Waals surface area contributed by atoms with Gasteiger partial charge in [0.15, 0.2) is 0 Å². The number of halogens is 6. The van der Waals surface area contributed by atoms with E-state index < -0.39 is 99.5 Å². The summed E-state index contributed by atoms with van der Waals surface area (Å²) < 4.78 is 12.4. The van der Waals surface area contributed by atoms with Crippen molar-refractivity contribution in [2.45, 2.75) is 24.4 Å². The fourth-order valence-corrected chi connectivity index (χ4v) is 14.4. The highest BCUT2D eigenvalue weighted by atomic mass is 127. The Morgan fingerprint density at radius 1 is 0.439 bits per heavy atom. The Bertz CT molecular complexity index is 1830. The van der Waals surface area contributed by atoms with Crippen LogP contribution in [0.4, 0.5) is 11.4 Å². The van der Waals surface area contributed by atoms with Crippen LogP contribution in [0.15, 0.2) is 0 Å². The van der Waals surface area contributed by atoms with Gasteiger partial charge in [0.25, 0.3) is 23.6 Å². The molecule has 0 aliphatic rings. The fourth-order valence-electron chi connectivity index (χ4n) is 5.69. The number of benzene rings is 2. The van der Waals surface area contributed by atoms with Crippen molar-refractivity contribution in [1.82, 2.24) is 19.6 Å². The van der Waals surface area contributed by atoms with Crippen LogP contribution >= 0.6 is 136 Å². The maximum atomic E-state index is 13.7. The van der Waals surface area contributed by atoms with Gasteiger partial charge in [-0.25, -0.2) is 0 Å². The molecule has 4 atom stereocenters. The van der Waals surface area contributed by atoms with Crippen LogP contribution in [0.2, 0.25) is 0 Å². The highest BCUT2D eigenvalue weighted by molar-refractivity contribution is 14.1. The molecule has 10 N–H and O–H groups in total. The normalized spacial score (nSPS) is 13.1. The predicted octanol–water partition coefficient (Wildman–Crippen LogP) is -0.375. The number of aliphatic hydroxyl groups excluding tert-OH is 8. The van der Waals surface area contributed by atoms with Crippen molar-refractivity contribution in [3.63, 3.8) is 0 Å². The molecule has 370 valence electrons. The van der Waals surface area contributed by atoms with Gasteiger partial charge in [0.2, 0.25) is 11.8 Å². The monoisotopic (exact) mass is 1610 g/mol. The average molecular weight is 1610 g/mol. The van der Waals surface area contributed by atoms with E-state index in [1.807, 2.05) is 136 Å². The molecule has 2 aromatic carbocycles. The van der Waals surface area contributed by atoms with Gasteiger partial charge in [0.1, 0.15) is 13.2 Å². The summed E-state index contributed by atoms with van der Waals surface area (Å²) in [6, 6.07) is 0. The Morgan fingerprint density at radius 3 is 0.848 bits per heavy atom. The number of hydrogen-bond donors (Lipinski definition) is 10. The van der Waals surface area contributed by atoms with Crippen LogP contribution in [0.25, 0.3) is 0 Å². The number of amides is 6. The van der Waals surface area contributed by atoms with E-state index in [1.165, 1.54) is 28.2 Å². The number of hydrogen-bond acceptors (Lipinski definition) is 16. The molecule has 66 heavy (non-hydrogen) atoms. The molecule has 0 aliphatic carbocycles. The molecule has 22 nitrogen and oxygen atoms in total. The maximum absolute atomic E-state index is 13.7. The SMILES string of the molecule is CN(CC(O)CO)C(=O)c1c(I)c(NC(=O)COCCOCC(=O)Nc2c(I)c(C(=O)N(C)CC(O)CO)c(I)c(C(=O)N(C)CC(O)CO)c2I)c(I)c(C(=O)N(C)CC(O)CO)c1I. The Balaban J connectivity index is 2.29. The van der Waals surface area contributed by atoms with E-state index in [1.54, 1.807) is 0 Å².